The van der Waals surface area contributed by atoms with Gasteiger partial charge in [-0.3, -0.25) is 4.68 Å². The van der Waals surface area contributed by atoms with Gasteiger partial charge < -0.3 is 0 Å². The van der Waals surface area contributed by atoms with Gasteiger partial charge in [0.1, 0.15) is 5.03 Å². The number of thioether (sulfide) groups is 1. The minimum atomic E-state index is 0.706. The first-order valence-electron chi connectivity index (χ1n) is 7.07. The van der Waals surface area contributed by atoms with Crippen LogP contribution in [0.3, 0.4) is 0 Å². The lowest BCUT2D eigenvalue weighted by molar-refractivity contribution is 0.638. The number of benzene rings is 2. The molecule has 4 heteroatoms. The van der Waals surface area contributed by atoms with Crippen molar-refractivity contribution in [2.24, 2.45) is 0 Å². The Hall–Kier alpha value is -1.45. The van der Waals surface area contributed by atoms with E-state index in [1.807, 2.05) is 23.9 Å². The van der Waals surface area contributed by atoms with E-state index in [0.29, 0.717) is 5.88 Å². The van der Waals surface area contributed by atoms with Crippen LogP contribution in [-0.4, -0.2) is 21.4 Å². The van der Waals surface area contributed by atoms with Crippen molar-refractivity contribution in [3.8, 4) is 0 Å². The summed E-state index contributed by atoms with van der Waals surface area (Å²) in [6.07, 6.45) is 1.01. The van der Waals surface area contributed by atoms with E-state index in [4.69, 9.17) is 16.7 Å². The van der Waals surface area contributed by atoms with E-state index < -0.39 is 0 Å². The Morgan fingerprint density at radius 1 is 1.00 bits per heavy atom. The molecular weight excluding hydrogens is 300 g/mol. The molecule has 0 aliphatic heterocycles. The normalized spacial score (nSPS) is 11.1. The molecule has 0 spiro atoms. The predicted molar refractivity (Wildman–Crippen MR) is 91.3 cm³/mol. The number of alkyl halides is 1. The van der Waals surface area contributed by atoms with Crippen molar-refractivity contribution in [2.45, 2.75) is 18.0 Å². The largest absolute Gasteiger partial charge is 0.253 e. The van der Waals surface area contributed by atoms with E-state index in [9.17, 15) is 0 Å². The molecular formula is C17H17ClN2S. The van der Waals surface area contributed by atoms with Gasteiger partial charge in [-0.25, -0.2) is 0 Å². The fraction of sp³-hybridized carbons (Fsp3) is 0.235. The molecule has 1 aromatic heterocycles. The van der Waals surface area contributed by atoms with Crippen LogP contribution in [0.15, 0.2) is 59.6 Å². The third-order valence-corrected chi connectivity index (χ3v) is 4.75. The summed E-state index contributed by atoms with van der Waals surface area (Å²) in [5.41, 5.74) is 2.33. The molecule has 0 unspecified atom stereocenters. The number of fused-ring (bicyclic) bond motifs is 1. The summed E-state index contributed by atoms with van der Waals surface area (Å²) in [5, 5.41) is 7.21. The molecule has 0 saturated carbocycles. The van der Waals surface area contributed by atoms with Crippen molar-refractivity contribution in [3.05, 3.63) is 60.2 Å². The van der Waals surface area contributed by atoms with E-state index in [-0.39, 0.29) is 0 Å². The monoisotopic (exact) mass is 316 g/mol. The van der Waals surface area contributed by atoms with E-state index in [1.165, 1.54) is 16.0 Å². The van der Waals surface area contributed by atoms with Gasteiger partial charge in [-0.2, -0.15) is 5.10 Å². The molecule has 2 aromatic carbocycles. The molecule has 108 valence electrons. The Labute approximate surface area is 134 Å². The number of aromatic nitrogens is 2. The van der Waals surface area contributed by atoms with Crippen LogP contribution in [0.2, 0.25) is 0 Å². The number of halogens is 1. The second kappa shape index (κ2) is 7.01. The summed E-state index contributed by atoms with van der Waals surface area (Å²) in [5.74, 6) is 1.73. The van der Waals surface area contributed by atoms with Gasteiger partial charge in [0, 0.05) is 17.0 Å². The summed E-state index contributed by atoms with van der Waals surface area (Å²) < 4.78 is 2.11. The zero-order valence-corrected chi connectivity index (χ0v) is 13.3. The predicted octanol–water partition coefficient (Wildman–Crippen LogP) is 4.81. The van der Waals surface area contributed by atoms with Crippen LogP contribution in [0.1, 0.15) is 12.0 Å². The third-order valence-electron chi connectivity index (χ3n) is 3.29. The highest BCUT2D eigenvalue weighted by molar-refractivity contribution is 7.99. The number of nitrogens with zero attached hydrogens (tertiary/aromatic N) is 2. The van der Waals surface area contributed by atoms with Crippen molar-refractivity contribution < 1.29 is 0 Å². The lowest BCUT2D eigenvalue weighted by atomic mass is 10.2. The minimum absolute atomic E-state index is 0.706. The van der Waals surface area contributed by atoms with Crippen molar-refractivity contribution in [1.29, 1.82) is 0 Å². The second-order valence-electron chi connectivity index (χ2n) is 4.86. The van der Waals surface area contributed by atoms with Crippen LogP contribution in [-0.2, 0) is 6.54 Å². The average Bonchev–Trinajstić information content (AvgIpc) is 2.86. The lowest BCUT2D eigenvalue weighted by Crippen LogP contribution is -2.03. The fourth-order valence-electron chi connectivity index (χ4n) is 2.30. The highest BCUT2D eigenvalue weighted by Gasteiger charge is 2.11. The molecule has 3 aromatic rings. The SMILES string of the molecule is ClCCCSc1c2ccccc2nn1Cc1ccccc1. The average molecular weight is 317 g/mol. The quantitative estimate of drug-likeness (QED) is 0.369. The summed E-state index contributed by atoms with van der Waals surface area (Å²) in [6, 6.07) is 18.8. The molecule has 1 heterocycles. The summed E-state index contributed by atoms with van der Waals surface area (Å²) in [7, 11) is 0. The van der Waals surface area contributed by atoms with Gasteiger partial charge in [-0.1, -0.05) is 48.5 Å². The first-order chi connectivity index (χ1) is 10.4. The molecule has 0 amide bonds. The van der Waals surface area contributed by atoms with Crippen LogP contribution in [0.25, 0.3) is 10.9 Å². The van der Waals surface area contributed by atoms with Crippen molar-refractivity contribution in [3.63, 3.8) is 0 Å². The first-order valence-corrected chi connectivity index (χ1v) is 8.59. The molecule has 0 aliphatic carbocycles. The van der Waals surface area contributed by atoms with Gasteiger partial charge in [-0.15, -0.1) is 23.4 Å². The van der Waals surface area contributed by atoms with Crippen molar-refractivity contribution >= 4 is 34.3 Å². The van der Waals surface area contributed by atoms with Crippen molar-refractivity contribution in [1.82, 2.24) is 9.78 Å². The highest BCUT2D eigenvalue weighted by Crippen LogP contribution is 2.29. The third kappa shape index (κ3) is 3.42. The smallest absolute Gasteiger partial charge is 0.102 e. The zero-order chi connectivity index (χ0) is 14.5. The van der Waals surface area contributed by atoms with Gasteiger partial charge in [-0.05, 0) is 18.1 Å². The molecule has 21 heavy (non-hydrogen) atoms. The van der Waals surface area contributed by atoms with Crippen LogP contribution in [0.4, 0.5) is 0 Å². The van der Waals surface area contributed by atoms with Gasteiger partial charge >= 0.3 is 0 Å². The Morgan fingerprint density at radius 3 is 2.57 bits per heavy atom. The molecule has 3 rings (SSSR count). The van der Waals surface area contributed by atoms with E-state index in [1.54, 1.807) is 0 Å². The Balaban J connectivity index is 1.94. The fourth-order valence-corrected chi connectivity index (χ4v) is 3.65. The van der Waals surface area contributed by atoms with E-state index in [0.717, 1.165) is 24.2 Å². The lowest BCUT2D eigenvalue weighted by Gasteiger charge is -2.07. The molecule has 0 bridgehead atoms. The maximum Gasteiger partial charge on any atom is 0.102 e. The molecule has 0 N–H and O–H groups in total. The molecule has 0 saturated heterocycles. The standard InChI is InChI=1S/C17H17ClN2S/c18-11-6-12-21-17-15-9-4-5-10-16(15)19-20(17)13-14-7-2-1-3-8-14/h1-5,7-10H,6,11-13H2. The Morgan fingerprint density at radius 2 is 1.76 bits per heavy atom. The molecule has 0 fully saturated rings. The number of hydrogen-bond acceptors (Lipinski definition) is 2. The van der Waals surface area contributed by atoms with Crippen LogP contribution in [0, 0.1) is 0 Å². The summed E-state index contributed by atoms with van der Waals surface area (Å²) >= 11 is 7.64. The zero-order valence-electron chi connectivity index (χ0n) is 11.7. The molecule has 2 nitrogen and oxygen atoms in total. The van der Waals surface area contributed by atoms with Crippen LogP contribution < -0.4 is 0 Å². The van der Waals surface area contributed by atoms with Crippen molar-refractivity contribution in [2.75, 3.05) is 11.6 Å². The first kappa shape index (κ1) is 14.5. The van der Waals surface area contributed by atoms with Gasteiger partial charge in [0.25, 0.3) is 0 Å². The highest BCUT2D eigenvalue weighted by atomic mass is 35.5. The Kier molecular flexibility index (Phi) is 4.84. The van der Waals surface area contributed by atoms with Gasteiger partial charge in [0.05, 0.1) is 12.1 Å². The van der Waals surface area contributed by atoms with Gasteiger partial charge in [0.15, 0.2) is 0 Å². The van der Waals surface area contributed by atoms with E-state index >= 15 is 0 Å². The summed E-state index contributed by atoms with van der Waals surface area (Å²) in [4.78, 5) is 0. The maximum atomic E-state index is 5.79. The molecule has 0 aliphatic rings. The summed E-state index contributed by atoms with van der Waals surface area (Å²) in [6.45, 7) is 0.804. The van der Waals surface area contributed by atoms with E-state index in [2.05, 4.69) is 47.1 Å². The van der Waals surface area contributed by atoms with Crippen LogP contribution >= 0.6 is 23.4 Å². The number of rotatable bonds is 6. The van der Waals surface area contributed by atoms with Gasteiger partial charge in [0.2, 0.25) is 0 Å². The molecule has 0 atom stereocenters. The van der Waals surface area contributed by atoms with Crippen LogP contribution in [0.5, 0.6) is 0 Å². The second-order valence-corrected chi connectivity index (χ2v) is 6.32. The topological polar surface area (TPSA) is 17.8 Å². The maximum absolute atomic E-state index is 5.79. The minimum Gasteiger partial charge on any atom is -0.253 e. The molecule has 0 radical (unpaired) electrons. The number of hydrogen-bond donors (Lipinski definition) is 0. The Bertz CT molecular complexity index is 709.